The number of aliphatic hydroxyl groups excluding tert-OH is 2. The van der Waals surface area contributed by atoms with Crippen molar-refractivity contribution in [2.75, 3.05) is 25.1 Å². The first-order valence-corrected chi connectivity index (χ1v) is 9.88. The molecule has 0 unspecified atom stereocenters. The van der Waals surface area contributed by atoms with Crippen LogP contribution in [-0.2, 0) is 6.42 Å². The maximum atomic E-state index is 12.2. The summed E-state index contributed by atoms with van der Waals surface area (Å²) in [6.45, 7) is 0.377. The second kappa shape index (κ2) is 12.8. The van der Waals surface area contributed by atoms with Gasteiger partial charge in [-0.2, -0.15) is 0 Å². The third-order valence-electron chi connectivity index (χ3n) is 4.56. The number of aromatic amines is 1. The Morgan fingerprint density at radius 2 is 1.87 bits per heavy atom. The van der Waals surface area contributed by atoms with Gasteiger partial charge in [0, 0.05) is 24.5 Å². The molecule has 2 atom stereocenters. The molecule has 2 aromatic carbocycles. The van der Waals surface area contributed by atoms with Gasteiger partial charge in [0.25, 0.3) is 5.91 Å². The quantitative estimate of drug-likeness (QED) is 0.312. The third kappa shape index (κ3) is 8.07. The number of aliphatic hydroxyl groups is 2. The largest absolute Gasteiger partial charge is 0.491 e. The summed E-state index contributed by atoms with van der Waals surface area (Å²) in [5.74, 6) is 0.490. The van der Waals surface area contributed by atoms with Crippen molar-refractivity contribution in [3.63, 3.8) is 0 Å². The molecule has 5 N–H and O–H groups in total. The van der Waals surface area contributed by atoms with Gasteiger partial charge in [-0.05, 0) is 48.4 Å². The molecule has 0 saturated heterocycles. The van der Waals surface area contributed by atoms with E-state index in [4.69, 9.17) is 4.74 Å². The Hall–Kier alpha value is -2.84. The monoisotopic (exact) mass is 445 g/mol. The van der Waals surface area contributed by atoms with Crippen molar-refractivity contribution in [1.29, 1.82) is 0 Å². The number of ether oxygens (including phenoxy) is 1. The van der Waals surface area contributed by atoms with Crippen molar-refractivity contribution in [2.45, 2.75) is 18.6 Å². The van der Waals surface area contributed by atoms with Crippen LogP contribution in [0.5, 0.6) is 5.75 Å². The first-order valence-electron chi connectivity index (χ1n) is 9.88. The molecule has 0 aliphatic rings. The Morgan fingerprint density at radius 1 is 1.06 bits per heavy atom. The lowest BCUT2D eigenvalue weighted by Crippen LogP contribution is -2.41. The molecular weight excluding hydrogens is 418 g/mol. The van der Waals surface area contributed by atoms with Crippen molar-refractivity contribution < 1.29 is 19.7 Å². The van der Waals surface area contributed by atoms with E-state index in [1.807, 2.05) is 54.6 Å². The smallest absolute Gasteiger partial charge is 0.272 e. The number of nitrogens with one attached hydrogen (secondary N) is 3. The molecule has 0 saturated carbocycles. The molecule has 8 heteroatoms. The standard InChI is InChI=1S/C23H27N3O4.ClH/c27-15-19(25-14-20(28)16-30-21-8-2-1-3-9-21)13-17-6-4-7-18(12-17)26-23(29)22-10-5-11-24-22;/h1-12,19-20,24-25,27-28H,13-16H2,(H,26,29);1H/t19-,20-;/m0./s1. The van der Waals surface area contributed by atoms with Gasteiger partial charge in [0.05, 0.1) is 6.61 Å². The number of H-pyrrole nitrogens is 1. The predicted molar refractivity (Wildman–Crippen MR) is 123 cm³/mol. The summed E-state index contributed by atoms with van der Waals surface area (Å²) in [7, 11) is 0. The molecule has 0 aliphatic carbocycles. The number of carbonyl (C=O) groups is 1. The fraction of sp³-hybridized carbons (Fsp3) is 0.261. The molecule has 0 radical (unpaired) electrons. The maximum absolute atomic E-state index is 12.2. The van der Waals surface area contributed by atoms with Gasteiger partial charge in [-0.3, -0.25) is 4.79 Å². The van der Waals surface area contributed by atoms with Gasteiger partial charge >= 0.3 is 0 Å². The van der Waals surface area contributed by atoms with Crippen LogP contribution in [0.2, 0.25) is 0 Å². The van der Waals surface area contributed by atoms with Crippen LogP contribution in [0.25, 0.3) is 0 Å². The highest BCUT2D eigenvalue weighted by Gasteiger charge is 2.13. The summed E-state index contributed by atoms with van der Waals surface area (Å²) in [5, 5.41) is 25.8. The number of para-hydroxylation sites is 1. The second-order valence-electron chi connectivity index (χ2n) is 7.01. The number of hydrogen-bond donors (Lipinski definition) is 5. The summed E-state index contributed by atoms with van der Waals surface area (Å²) in [6, 6.07) is 20.0. The molecule has 7 nitrogen and oxygen atoms in total. The molecule has 3 aromatic rings. The topological polar surface area (TPSA) is 107 Å². The lowest BCUT2D eigenvalue weighted by Gasteiger charge is -2.19. The van der Waals surface area contributed by atoms with Crippen LogP contribution in [0.1, 0.15) is 16.1 Å². The predicted octanol–water partition coefficient (Wildman–Crippen LogP) is 2.62. The number of rotatable bonds is 11. The zero-order valence-corrected chi connectivity index (χ0v) is 17.8. The molecule has 0 bridgehead atoms. The lowest BCUT2D eigenvalue weighted by molar-refractivity contribution is 0.0997. The summed E-state index contributed by atoms with van der Waals surface area (Å²) >= 11 is 0. The van der Waals surface area contributed by atoms with Crippen LogP contribution >= 0.6 is 12.4 Å². The van der Waals surface area contributed by atoms with Crippen LogP contribution in [0.3, 0.4) is 0 Å². The van der Waals surface area contributed by atoms with E-state index in [9.17, 15) is 15.0 Å². The van der Waals surface area contributed by atoms with Crippen LogP contribution in [0.15, 0.2) is 72.9 Å². The average molecular weight is 446 g/mol. The Kier molecular flexibility index (Phi) is 10.1. The average Bonchev–Trinajstić information content (AvgIpc) is 3.31. The van der Waals surface area contributed by atoms with E-state index in [1.54, 1.807) is 18.3 Å². The normalized spacial score (nSPS) is 12.5. The zero-order valence-electron chi connectivity index (χ0n) is 17.0. The Balaban J connectivity index is 0.00000341. The first kappa shape index (κ1) is 24.4. The Morgan fingerprint density at radius 3 is 2.58 bits per heavy atom. The molecule has 31 heavy (non-hydrogen) atoms. The fourth-order valence-electron chi connectivity index (χ4n) is 3.00. The van der Waals surface area contributed by atoms with Crippen LogP contribution in [-0.4, -0.2) is 53.0 Å². The van der Waals surface area contributed by atoms with Crippen LogP contribution in [0.4, 0.5) is 5.69 Å². The van der Waals surface area contributed by atoms with Crippen molar-refractivity contribution >= 4 is 24.0 Å². The Bertz CT molecular complexity index is 906. The number of carbonyl (C=O) groups excluding carboxylic acids is 1. The number of amides is 1. The van der Waals surface area contributed by atoms with E-state index in [1.165, 1.54) is 0 Å². The molecule has 0 spiro atoms. The van der Waals surface area contributed by atoms with Gasteiger partial charge in [0.2, 0.25) is 0 Å². The van der Waals surface area contributed by atoms with Gasteiger partial charge in [-0.15, -0.1) is 12.4 Å². The van der Waals surface area contributed by atoms with Gasteiger partial charge in [-0.25, -0.2) is 0 Å². The minimum atomic E-state index is -0.703. The molecule has 0 fully saturated rings. The number of benzene rings is 2. The minimum absolute atomic E-state index is 0. The van der Waals surface area contributed by atoms with E-state index in [-0.39, 0.29) is 37.6 Å². The summed E-state index contributed by atoms with van der Waals surface area (Å²) < 4.78 is 5.54. The van der Waals surface area contributed by atoms with Crippen LogP contribution in [0, 0.1) is 0 Å². The third-order valence-corrected chi connectivity index (χ3v) is 4.56. The molecule has 3 rings (SSSR count). The SMILES string of the molecule is Cl.O=C(Nc1cccc(C[C@@H](CO)NC[C@H](O)COc2ccccc2)c1)c1ccc[nH]1. The number of aromatic nitrogens is 1. The summed E-state index contributed by atoms with van der Waals surface area (Å²) in [5.41, 5.74) is 2.13. The molecule has 1 amide bonds. The maximum Gasteiger partial charge on any atom is 0.272 e. The van der Waals surface area contributed by atoms with Crippen molar-refractivity contribution in [3.05, 3.63) is 84.2 Å². The highest BCUT2D eigenvalue weighted by Crippen LogP contribution is 2.14. The van der Waals surface area contributed by atoms with Crippen molar-refractivity contribution in [3.8, 4) is 5.75 Å². The van der Waals surface area contributed by atoms with E-state index in [0.717, 1.165) is 5.56 Å². The lowest BCUT2D eigenvalue weighted by atomic mass is 10.1. The van der Waals surface area contributed by atoms with E-state index in [2.05, 4.69) is 15.6 Å². The number of halogens is 1. The Labute approximate surface area is 187 Å². The highest BCUT2D eigenvalue weighted by molar-refractivity contribution is 6.02. The number of anilines is 1. The van der Waals surface area contributed by atoms with Crippen molar-refractivity contribution in [1.82, 2.24) is 10.3 Å². The minimum Gasteiger partial charge on any atom is -0.491 e. The van der Waals surface area contributed by atoms with Crippen molar-refractivity contribution in [2.24, 2.45) is 0 Å². The summed E-state index contributed by atoms with van der Waals surface area (Å²) in [6.07, 6.45) is 1.54. The van der Waals surface area contributed by atoms with E-state index < -0.39 is 6.10 Å². The van der Waals surface area contributed by atoms with Gasteiger partial charge in [-0.1, -0.05) is 30.3 Å². The highest BCUT2D eigenvalue weighted by atomic mass is 35.5. The van der Waals surface area contributed by atoms with E-state index in [0.29, 0.717) is 30.1 Å². The van der Waals surface area contributed by atoms with Gasteiger partial charge < -0.3 is 30.6 Å². The van der Waals surface area contributed by atoms with E-state index >= 15 is 0 Å². The van der Waals surface area contributed by atoms with Gasteiger partial charge in [0.1, 0.15) is 24.2 Å². The molecule has 1 heterocycles. The number of hydrogen-bond acceptors (Lipinski definition) is 5. The van der Waals surface area contributed by atoms with Gasteiger partial charge in [0.15, 0.2) is 0 Å². The molecule has 1 aromatic heterocycles. The first-order chi connectivity index (χ1) is 14.6. The molecule has 0 aliphatic heterocycles. The fourth-order valence-corrected chi connectivity index (χ4v) is 3.00. The molecular formula is C23H28ClN3O4. The second-order valence-corrected chi connectivity index (χ2v) is 7.01. The summed E-state index contributed by atoms with van der Waals surface area (Å²) in [4.78, 5) is 15.0. The zero-order chi connectivity index (χ0) is 21.2. The molecule has 166 valence electrons. The van der Waals surface area contributed by atoms with Crippen LogP contribution < -0.4 is 15.4 Å².